The summed E-state index contributed by atoms with van der Waals surface area (Å²) in [4.78, 5) is 4.38. The number of benzene rings is 1. The zero-order valence-electron chi connectivity index (χ0n) is 10.2. The van der Waals surface area contributed by atoms with Gasteiger partial charge in [-0.1, -0.05) is 25.1 Å². The molecule has 5 heteroatoms. The van der Waals surface area contributed by atoms with Crippen molar-refractivity contribution in [1.82, 2.24) is 9.36 Å². The molecule has 2 heterocycles. The summed E-state index contributed by atoms with van der Waals surface area (Å²) in [7, 11) is 0. The topological polar surface area (TPSA) is 47.0 Å². The number of ether oxygens (including phenoxy) is 1. The lowest BCUT2D eigenvalue weighted by Gasteiger charge is -2.10. The van der Waals surface area contributed by atoms with Crippen LogP contribution in [0.1, 0.15) is 18.3 Å². The molecule has 0 fully saturated rings. The van der Waals surface area contributed by atoms with Crippen LogP contribution in [0.4, 0.5) is 5.13 Å². The van der Waals surface area contributed by atoms with Gasteiger partial charge >= 0.3 is 0 Å². The van der Waals surface area contributed by atoms with Gasteiger partial charge in [0.1, 0.15) is 17.7 Å². The average molecular weight is 261 g/mol. The monoisotopic (exact) mass is 261 g/mol. The summed E-state index contributed by atoms with van der Waals surface area (Å²) in [6.07, 6.45) is 2.03. The molecule has 1 atom stereocenters. The number of hydrogen-bond donors (Lipinski definition) is 1. The highest BCUT2D eigenvalue weighted by Gasteiger charge is 2.22. The molecule has 1 aliphatic rings. The van der Waals surface area contributed by atoms with Crippen molar-refractivity contribution >= 4 is 16.7 Å². The Bertz CT molecular complexity index is 516. The minimum atomic E-state index is 0.191. The van der Waals surface area contributed by atoms with Crippen molar-refractivity contribution in [3.05, 3.63) is 35.7 Å². The van der Waals surface area contributed by atoms with Crippen molar-refractivity contribution in [2.75, 3.05) is 11.9 Å². The van der Waals surface area contributed by atoms with Crippen LogP contribution in [0.25, 0.3) is 0 Å². The second kappa shape index (κ2) is 4.94. The lowest BCUT2D eigenvalue weighted by molar-refractivity contribution is 0.246. The van der Waals surface area contributed by atoms with E-state index in [0.29, 0.717) is 0 Å². The smallest absolute Gasteiger partial charge is 0.202 e. The van der Waals surface area contributed by atoms with Crippen LogP contribution in [0.5, 0.6) is 5.75 Å². The van der Waals surface area contributed by atoms with Crippen LogP contribution in [-0.2, 0) is 12.8 Å². The van der Waals surface area contributed by atoms with E-state index in [2.05, 4.69) is 33.7 Å². The minimum absolute atomic E-state index is 0.191. The molecule has 3 rings (SSSR count). The van der Waals surface area contributed by atoms with Gasteiger partial charge in [-0.2, -0.15) is 4.37 Å². The molecule has 1 aromatic carbocycles. The maximum atomic E-state index is 5.86. The molecular formula is C13H15N3OS. The molecule has 0 radical (unpaired) electrons. The molecule has 2 aromatic rings. The van der Waals surface area contributed by atoms with Crippen LogP contribution in [0.3, 0.4) is 0 Å². The fourth-order valence-electron chi connectivity index (χ4n) is 2.04. The van der Waals surface area contributed by atoms with E-state index in [1.807, 2.05) is 12.1 Å². The number of hydrogen-bond acceptors (Lipinski definition) is 5. The van der Waals surface area contributed by atoms with Gasteiger partial charge in [-0.25, -0.2) is 4.98 Å². The average Bonchev–Trinajstić information content (AvgIpc) is 3.02. The van der Waals surface area contributed by atoms with Crippen LogP contribution in [0.2, 0.25) is 0 Å². The molecule has 0 spiro atoms. The predicted molar refractivity (Wildman–Crippen MR) is 72.3 cm³/mol. The zero-order chi connectivity index (χ0) is 12.4. The van der Waals surface area contributed by atoms with Gasteiger partial charge in [0, 0.05) is 24.4 Å². The Kier molecular flexibility index (Phi) is 3.15. The summed E-state index contributed by atoms with van der Waals surface area (Å²) in [5.41, 5.74) is 1.29. The first kappa shape index (κ1) is 11.5. The fourth-order valence-corrected chi connectivity index (χ4v) is 2.69. The van der Waals surface area contributed by atoms with Crippen LogP contribution in [0.15, 0.2) is 24.3 Å². The van der Waals surface area contributed by atoms with Gasteiger partial charge in [0.25, 0.3) is 0 Å². The van der Waals surface area contributed by atoms with Crippen LogP contribution < -0.4 is 10.1 Å². The Morgan fingerprint density at radius 1 is 1.44 bits per heavy atom. The molecule has 0 saturated carbocycles. The van der Waals surface area contributed by atoms with Crippen molar-refractivity contribution in [3.63, 3.8) is 0 Å². The highest BCUT2D eigenvalue weighted by atomic mass is 32.1. The summed E-state index contributed by atoms with van der Waals surface area (Å²) in [5, 5.41) is 4.18. The first-order chi connectivity index (χ1) is 8.85. The highest BCUT2D eigenvalue weighted by Crippen LogP contribution is 2.28. The molecule has 1 N–H and O–H groups in total. The molecule has 1 unspecified atom stereocenters. The van der Waals surface area contributed by atoms with Gasteiger partial charge in [0.05, 0.1) is 6.54 Å². The largest absolute Gasteiger partial charge is 0.488 e. The number of aryl methyl sites for hydroxylation is 1. The van der Waals surface area contributed by atoms with Gasteiger partial charge in [-0.05, 0) is 11.6 Å². The van der Waals surface area contributed by atoms with Crippen molar-refractivity contribution in [2.45, 2.75) is 25.9 Å². The Morgan fingerprint density at radius 3 is 3.11 bits per heavy atom. The maximum absolute atomic E-state index is 5.86. The van der Waals surface area contributed by atoms with Gasteiger partial charge < -0.3 is 10.1 Å². The van der Waals surface area contributed by atoms with E-state index >= 15 is 0 Å². The van der Waals surface area contributed by atoms with Crippen molar-refractivity contribution in [1.29, 1.82) is 0 Å². The molecule has 1 aromatic heterocycles. The van der Waals surface area contributed by atoms with E-state index in [1.165, 1.54) is 17.1 Å². The van der Waals surface area contributed by atoms with E-state index in [1.54, 1.807) is 0 Å². The number of rotatable bonds is 4. The van der Waals surface area contributed by atoms with E-state index in [4.69, 9.17) is 4.74 Å². The summed E-state index contributed by atoms with van der Waals surface area (Å²) in [6, 6.07) is 8.20. The fraction of sp³-hybridized carbons (Fsp3) is 0.385. The first-order valence-corrected chi connectivity index (χ1v) is 6.93. The number of fused-ring (bicyclic) bond motifs is 1. The Hall–Kier alpha value is -1.62. The molecule has 0 aliphatic carbocycles. The second-order valence-corrected chi connectivity index (χ2v) is 5.05. The predicted octanol–water partition coefficient (Wildman–Crippen LogP) is 2.52. The van der Waals surface area contributed by atoms with Gasteiger partial charge in [-0.3, -0.25) is 0 Å². The molecule has 18 heavy (non-hydrogen) atoms. The molecule has 0 amide bonds. The van der Waals surface area contributed by atoms with Crippen molar-refractivity contribution in [2.24, 2.45) is 0 Å². The zero-order valence-corrected chi connectivity index (χ0v) is 11.0. The molecule has 94 valence electrons. The van der Waals surface area contributed by atoms with E-state index in [9.17, 15) is 0 Å². The van der Waals surface area contributed by atoms with Crippen molar-refractivity contribution in [3.8, 4) is 5.75 Å². The van der Waals surface area contributed by atoms with Gasteiger partial charge in [-0.15, -0.1) is 0 Å². The van der Waals surface area contributed by atoms with E-state index in [0.717, 1.165) is 36.1 Å². The standard InChI is InChI=1S/C13H15N3OS/c1-2-12-15-13(18-16-12)14-8-10-7-9-5-3-4-6-11(9)17-10/h3-6,10H,2,7-8H2,1H3,(H,14,15,16). The van der Waals surface area contributed by atoms with Gasteiger partial charge in [0.15, 0.2) is 0 Å². The van der Waals surface area contributed by atoms with Crippen molar-refractivity contribution < 1.29 is 4.74 Å². The molecule has 0 saturated heterocycles. The summed E-state index contributed by atoms with van der Waals surface area (Å²) < 4.78 is 10.1. The normalized spacial score (nSPS) is 17.3. The quantitative estimate of drug-likeness (QED) is 0.918. The van der Waals surface area contributed by atoms with Crippen LogP contribution in [0, 0.1) is 0 Å². The highest BCUT2D eigenvalue weighted by molar-refractivity contribution is 7.09. The molecule has 4 nitrogen and oxygen atoms in total. The summed E-state index contributed by atoms with van der Waals surface area (Å²) in [6.45, 7) is 2.83. The number of nitrogens with zero attached hydrogens (tertiary/aromatic N) is 2. The Morgan fingerprint density at radius 2 is 2.33 bits per heavy atom. The third-order valence-corrected chi connectivity index (χ3v) is 3.69. The lowest BCUT2D eigenvalue weighted by atomic mass is 10.1. The Labute approximate surface area is 110 Å². The number of anilines is 1. The number of nitrogens with one attached hydrogen (secondary N) is 1. The molecule has 1 aliphatic heterocycles. The molecular weight excluding hydrogens is 246 g/mol. The second-order valence-electron chi connectivity index (χ2n) is 4.30. The van der Waals surface area contributed by atoms with Crippen LogP contribution >= 0.6 is 11.5 Å². The first-order valence-electron chi connectivity index (χ1n) is 6.16. The number of aromatic nitrogens is 2. The number of para-hydroxylation sites is 1. The summed E-state index contributed by atoms with van der Waals surface area (Å²) >= 11 is 1.41. The third kappa shape index (κ3) is 2.31. The lowest BCUT2D eigenvalue weighted by Crippen LogP contribution is -2.23. The van der Waals surface area contributed by atoms with Gasteiger partial charge in [0.2, 0.25) is 5.13 Å². The minimum Gasteiger partial charge on any atom is -0.488 e. The SMILES string of the molecule is CCc1nsc(NCC2Cc3ccccc3O2)n1. The third-order valence-electron chi connectivity index (χ3n) is 2.98. The van der Waals surface area contributed by atoms with E-state index in [-0.39, 0.29) is 6.10 Å². The van der Waals surface area contributed by atoms with Crippen LogP contribution in [-0.4, -0.2) is 22.0 Å². The summed E-state index contributed by atoms with van der Waals surface area (Å²) in [5.74, 6) is 1.91. The maximum Gasteiger partial charge on any atom is 0.202 e. The Balaban J connectivity index is 1.57. The molecule has 0 bridgehead atoms. The van der Waals surface area contributed by atoms with E-state index < -0.39 is 0 Å².